The van der Waals surface area contributed by atoms with Gasteiger partial charge in [-0.15, -0.1) is 11.3 Å². The summed E-state index contributed by atoms with van der Waals surface area (Å²) in [6.07, 6.45) is 2.41. The lowest BCUT2D eigenvalue weighted by atomic mass is 9.87. The third-order valence-electron chi connectivity index (χ3n) is 4.39. The smallest absolute Gasteiger partial charge is 0.263 e. The summed E-state index contributed by atoms with van der Waals surface area (Å²) in [7, 11) is 3.53. The summed E-state index contributed by atoms with van der Waals surface area (Å²) in [6, 6.07) is 9.81. The normalized spacial score (nSPS) is 16.4. The van der Waals surface area contributed by atoms with E-state index < -0.39 is 0 Å². The van der Waals surface area contributed by atoms with Crippen LogP contribution in [0.3, 0.4) is 0 Å². The van der Waals surface area contributed by atoms with Gasteiger partial charge in [0.1, 0.15) is 0 Å². The minimum absolute atomic E-state index is 0.0317. The number of hydrogen-bond acceptors (Lipinski definition) is 3. The van der Waals surface area contributed by atoms with Crippen LogP contribution in [-0.4, -0.2) is 30.8 Å². The number of carbonyl (C=O) groups is 2. The predicted octanol–water partition coefficient (Wildman–Crippen LogP) is 3.50. The van der Waals surface area contributed by atoms with Crippen LogP contribution in [0.25, 0.3) is 0 Å². The van der Waals surface area contributed by atoms with Gasteiger partial charge in [0.15, 0.2) is 0 Å². The number of aryl methyl sites for hydroxylation is 2. The highest BCUT2D eigenvalue weighted by Crippen LogP contribution is 2.33. The molecule has 3 rings (SSSR count). The third-order valence-corrected chi connectivity index (χ3v) is 5.61. The molecule has 0 spiro atoms. The third kappa shape index (κ3) is 3.51. The number of thiophene rings is 1. The monoisotopic (exact) mass is 342 g/mol. The van der Waals surface area contributed by atoms with E-state index in [1.54, 1.807) is 30.3 Å². The molecule has 4 nitrogen and oxygen atoms in total. The summed E-state index contributed by atoms with van der Waals surface area (Å²) >= 11 is 1.57. The van der Waals surface area contributed by atoms with Crippen molar-refractivity contribution < 1.29 is 9.59 Å². The van der Waals surface area contributed by atoms with E-state index in [1.165, 1.54) is 10.4 Å². The molecule has 1 aromatic carbocycles. The first-order valence-electron chi connectivity index (χ1n) is 8.15. The Morgan fingerprint density at radius 3 is 2.58 bits per heavy atom. The molecule has 1 N–H and O–H groups in total. The van der Waals surface area contributed by atoms with E-state index in [0.717, 1.165) is 29.0 Å². The predicted molar refractivity (Wildman–Crippen MR) is 97.7 cm³/mol. The van der Waals surface area contributed by atoms with Crippen LogP contribution in [-0.2, 0) is 17.6 Å². The Balaban J connectivity index is 1.69. The van der Waals surface area contributed by atoms with Gasteiger partial charge in [0.25, 0.3) is 5.91 Å². The molecule has 2 amide bonds. The minimum atomic E-state index is -0.0317. The lowest BCUT2D eigenvalue weighted by molar-refractivity contribution is -0.120. The van der Waals surface area contributed by atoms with Crippen molar-refractivity contribution in [3.8, 4) is 0 Å². The fourth-order valence-electron chi connectivity index (χ4n) is 2.95. The Morgan fingerprint density at radius 1 is 1.21 bits per heavy atom. The molecule has 0 radical (unpaired) electrons. The van der Waals surface area contributed by atoms with E-state index in [-0.39, 0.29) is 17.7 Å². The van der Waals surface area contributed by atoms with E-state index in [1.807, 2.05) is 37.3 Å². The quantitative estimate of drug-likeness (QED) is 0.928. The molecule has 0 fully saturated rings. The summed E-state index contributed by atoms with van der Waals surface area (Å²) in [5.41, 5.74) is 3.16. The number of carbonyl (C=O) groups excluding carboxylic acids is 2. The first-order chi connectivity index (χ1) is 11.4. The highest BCUT2D eigenvalue weighted by Gasteiger charge is 2.27. The van der Waals surface area contributed by atoms with Crippen LogP contribution in [0.5, 0.6) is 0 Å². The van der Waals surface area contributed by atoms with E-state index in [2.05, 4.69) is 5.32 Å². The molecule has 2 aromatic rings. The Bertz CT molecular complexity index is 762. The van der Waals surface area contributed by atoms with Crippen LogP contribution in [0.15, 0.2) is 30.3 Å². The average molecular weight is 342 g/mol. The van der Waals surface area contributed by atoms with Gasteiger partial charge in [-0.25, -0.2) is 0 Å². The maximum Gasteiger partial charge on any atom is 0.263 e. The van der Waals surface area contributed by atoms with E-state index in [0.29, 0.717) is 6.42 Å². The molecule has 24 heavy (non-hydrogen) atoms. The first kappa shape index (κ1) is 16.7. The molecule has 1 aliphatic rings. The van der Waals surface area contributed by atoms with E-state index in [9.17, 15) is 9.59 Å². The number of nitrogens with one attached hydrogen (secondary N) is 1. The number of rotatable bonds is 3. The van der Waals surface area contributed by atoms with Crippen molar-refractivity contribution in [2.24, 2.45) is 5.92 Å². The zero-order valence-corrected chi connectivity index (χ0v) is 15.1. The summed E-state index contributed by atoms with van der Waals surface area (Å²) in [5.74, 6) is 0.0713. The molecule has 0 saturated heterocycles. The SMILES string of the molecule is Cc1ccc(NC(=O)C2CCc3sc(C(=O)N(C)C)cc3C2)cc1. The molecule has 1 atom stereocenters. The first-order valence-corrected chi connectivity index (χ1v) is 8.96. The van der Waals surface area contributed by atoms with Crippen LogP contribution >= 0.6 is 11.3 Å². The topological polar surface area (TPSA) is 49.4 Å². The van der Waals surface area contributed by atoms with Gasteiger partial charge < -0.3 is 10.2 Å². The number of amides is 2. The number of fused-ring (bicyclic) bond motifs is 1. The molecular weight excluding hydrogens is 320 g/mol. The number of anilines is 1. The van der Waals surface area contributed by atoms with Crippen molar-refractivity contribution >= 4 is 28.8 Å². The van der Waals surface area contributed by atoms with Gasteiger partial charge in [-0.05, 0) is 49.9 Å². The molecule has 1 aliphatic carbocycles. The maximum absolute atomic E-state index is 12.5. The number of hydrogen-bond donors (Lipinski definition) is 1. The Hall–Kier alpha value is -2.14. The molecule has 1 unspecified atom stereocenters. The molecule has 5 heteroatoms. The van der Waals surface area contributed by atoms with Gasteiger partial charge in [-0.2, -0.15) is 0 Å². The zero-order valence-electron chi connectivity index (χ0n) is 14.3. The molecule has 0 bridgehead atoms. The average Bonchev–Trinajstić information content (AvgIpc) is 2.99. The molecule has 126 valence electrons. The highest BCUT2D eigenvalue weighted by molar-refractivity contribution is 7.14. The zero-order chi connectivity index (χ0) is 17.3. The van der Waals surface area contributed by atoms with Crippen molar-refractivity contribution in [2.75, 3.05) is 19.4 Å². The highest BCUT2D eigenvalue weighted by atomic mass is 32.1. The van der Waals surface area contributed by atoms with Crippen LogP contribution in [0.1, 0.15) is 32.1 Å². The minimum Gasteiger partial charge on any atom is -0.344 e. The van der Waals surface area contributed by atoms with Gasteiger partial charge in [0, 0.05) is 30.6 Å². The number of nitrogens with zero attached hydrogens (tertiary/aromatic N) is 1. The van der Waals surface area contributed by atoms with E-state index >= 15 is 0 Å². The standard InChI is InChI=1S/C19H22N2O2S/c1-12-4-7-15(8-5-12)20-18(22)13-6-9-16-14(10-13)11-17(24-16)19(23)21(2)3/h4-5,7-8,11,13H,6,9-10H2,1-3H3,(H,20,22). The lowest BCUT2D eigenvalue weighted by Gasteiger charge is -2.21. The fraction of sp³-hybridized carbons (Fsp3) is 0.368. The molecular formula is C19H22N2O2S. The largest absolute Gasteiger partial charge is 0.344 e. The van der Waals surface area contributed by atoms with Crippen molar-refractivity contribution in [3.63, 3.8) is 0 Å². The Labute approximate surface area is 146 Å². The summed E-state index contributed by atoms with van der Waals surface area (Å²) in [6.45, 7) is 2.03. The summed E-state index contributed by atoms with van der Waals surface area (Å²) in [5, 5.41) is 3.01. The van der Waals surface area contributed by atoms with Gasteiger partial charge in [-0.3, -0.25) is 9.59 Å². The van der Waals surface area contributed by atoms with E-state index in [4.69, 9.17) is 0 Å². The lowest BCUT2D eigenvalue weighted by Crippen LogP contribution is -2.27. The van der Waals surface area contributed by atoms with Crippen LogP contribution in [0.4, 0.5) is 5.69 Å². The van der Waals surface area contributed by atoms with Crippen molar-refractivity contribution in [1.29, 1.82) is 0 Å². The summed E-state index contributed by atoms with van der Waals surface area (Å²) in [4.78, 5) is 28.2. The summed E-state index contributed by atoms with van der Waals surface area (Å²) < 4.78 is 0. The van der Waals surface area contributed by atoms with Gasteiger partial charge in [0.05, 0.1) is 4.88 Å². The molecule has 0 saturated carbocycles. The second kappa shape index (κ2) is 6.77. The Morgan fingerprint density at radius 2 is 1.92 bits per heavy atom. The maximum atomic E-state index is 12.5. The van der Waals surface area contributed by atoms with Gasteiger partial charge in [-0.1, -0.05) is 17.7 Å². The van der Waals surface area contributed by atoms with Crippen molar-refractivity contribution in [2.45, 2.75) is 26.2 Å². The second-order valence-corrected chi connectivity index (χ2v) is 7.69. The van der Waals surface area contributed by atoms with Gasteiger partial charge in [0.2, 0.25) is 5.91 Å². The van der Waals surface area contributed by atoms with Crippen LogP contribution in [0.2, 0.25) is 0 Å². The molecule has 1 heterocycles. The Kier molecular flexibility index (Phi) is 4.71. The van der Waals surface area contributed by atoms with Gasteiger partial charge >= 0.3 is 0 Å². The molecule has 0 aliphatic heterocycles. The second-order valence-electron chi connectivity index (χ2n) is 6.55. The van der Waals surface area contributed by atoms with Crippen LogP contribution in [0, 0.1) is 12.8 Å². The fourth-order valence-corrected chi connectivity index (χ4v) is 4.18. The number of benzene rings is 1. The molecule has 1 aromatic heterocycles. The van der Waals surface area contributed by atoms with Crippen LogP contribution < -0.4 is 5.32 Å². The van der Waals surface area contributed by atoms with Crippen molar-refractivity contribution in [1.82, 2.24) is 4.90 Å². The van der Waals surface area contributed by atoms with Crippen molar-refractivity contribution in [3.05, 3.63) is 51.2 Å².